The van der Waals surface area contributed by atoms with Crippen LogP contribution in [0.15, 0.2) is 0 Å². The Balaban J connectivity index is 1.60. The van der Waals surface area contributed by atoms with Gasteiger partial charge in [0.05, 0.1) is 26.4 Å². The van der Waals surface area contributed by atoms with E-state index in [9.17, 15) is 4.79 Å². The molecule has 0 bridgehead atoms. The maximum absolute atomic E-state index is 11.8. The van der Waals surface area contributed by atoms with Crippen LogP contribution in [0.2, 0.25) is 10.3 Å². The van der Waals surface area contributed by atoms with Crippen molar-refractivity contribution < 1.29 is 19.0 Å². The number of halogens is 2. The van der Waals surface area contributed by atoms with Gasteiger partial charge in [-0.05, 0) is 19.8 Å². The lowest BCUT2D eigenvalue weighted by Crippen LogP contribution is -2.41. The van der Waals surface area contributed by atoms with E-state index in [1.54, 1.807) is 6.92 Å². The van der Waals surface area contributed by atoms with Crippen LogP contribution >= 0.6 is 23.2 Å². The van der Waals surface area contributed by atoms with Crippen LogP contribution in [0.25, 0.3) is 0 Å². The first-order chi connectivity index (χ1) is 12.0. The van der Waals surface area contributed by atoms with Gasteiger partial charge in [-0.1, -0.05) is 23.2 Å². The molecule has 0 atom stereocenters. The van der Waals surface area contributed by atoms with Gasteiger partial charge in [0.15, 0.2) is 10.3 Å². The summed E-state index contributed by atoms with van der Waals surface area (Å²) in [6.45, 7) is 6.83. The van der Waals surface area contributed by atoms with E-state index in [1.165, 1.54) is 0 Å². The summed E-state index contributed by atoms with van der Waals surface area (Å²) in [4.78, 5) is 22.3. The average Bonchev–Trinajstić information content (AvgIpc) is 3.33. The largest absolute Gasteiger partial charge is 0.463 e. The maximum Gasteiger partial charge on any atom is 0.344 e. The standard InChI is InChI=1S/C16H21Cl2N3O4/c1-2-24-14(22)11-12(17)19-15(20-13(11)18)25-10-16(3-4-16)9-21-5-7-23-8-6-21/h2-10H2,1H3. The molecule has 9 heteroatoms. The number of rotatable bonds is 7. The Bertz CT molecular complexity index is 611. The van der Waals surface area contributed by atoms with Crippen LogP contribution in [0, 0.1) is 5.41 Å². The molecule has 0 radical (unpaired) electrons. The minimum atomic E-state index is -0.643. The lowest BCUT2D eigenvalue weighted by atomic mass is 10.1. The fourth-order valence-corrected chi connectivity index (χ4v) is 3.33. The number of aromatic nitrogens is 2. The van der Waals surface area contributed by atoms with E-state index in [1.807, 2.05) is 0 Å². The van der Waals surface area contributed by atoms with Crippen LogP contribution in [0.1, 0.15) is 30.1 Å². The molecule has 1 aliphatic carbocycles. The Labute approximate surface area is 156 Å². The highest BCUT2D eigenvalue weighted by Gasteiger charge is 2.45. The number of hydrogen-bond acceptors (Lipinski definition) is 7. The molecule has 2 fully saturated rings. The molecular formula is C16H21Cl2N3O4. The lowest BCUT2D eigenvalue weighted by molar-refractivity contribution is 0.0231. The van der Waals surface area contributed by atoms with Crippen molar-refractivity contribution in [1.82, 2.24) is 14.9 Å². The van der Waals surface area contributed by atoms with Gasteiger partial charge in [-0.3, -0.25) is 4.90 Å². The van der Waals surface area contributed by atoms with Crippen molar-refractivity contribution in [2.24, 2.45) is 5.41 Å². The molecule has 1 saturated heterocycles. The molecule has 1 aromatic rings. The Morgan fingerprint density at radius 1 is 1.24 bits per heavy atom. The number of carbonyl (C=O) groups is 1. The normalized spacial score (nSPS) is 19.5. The summed E-state index contributed by atoms with van der Waals surface area (Å²) in [5.74, 6) is -0.643. The van der Waals surface area contributed by atoms with Crippen molar-refractivity contribution in [1.29, 1.82) is 0 Å². The number of carbonyl (C=O) groups excluding carboxylic acids is 1. The Kier molecular flexibility index (Phi) is 5.99. The quantitative estimate of drug-likeness (QED) is 0.523. The van der Waals surface area contributed by atoms with Crippen LogP contribution in [-0.4, -0.2) is 66.9 Å². The van der Waals surface area contributed by atoms with Gasteiger partial charge >= 0.3 is 12.0 Å². The zero-order chi connectivity index (χ0) is 17.9. The first-order valence-corrected chi connectivity index (χ1v) is 9.12. The van der Waals surface area contributed by atoms with Crippen molar-refractivity contribution in [3.05, 3.63) is 15.9 Å². The molecule has 1 aliphatic heterocycles. The molecule has 1 saturated carbocycles. The first kappa shape index (κ1) is 18.6. The van der Waals surface area contributed by atoms with Crippen LogP contribution in [0.5, 0.6) is 6.01 Å². The minimum Gasteiger partial charge on any atom is -0.463 e. The predicted octanol–water partition coefficient (Wildman–Crippen LogP) is 2.45. The van der Waals surface area contributed by atoms with Crippen molar-refractivity contribution >= 4 is 29.2 Å². The third-order valence-corrected chi connectivity index (χ3v) is 4.95. The molecule has 0 N–H and O–H groups in total. The van der Waals surface area contributed by atoms with Gasteiger partial charge in [0.25, 0.3) is 0 Å². The number of nitrogens with zero attached hydrogens (tertiary/aromatic N) is 3. The third kappa shape index (κ3) is 4.73. The second-order valence-electron chi connectivity index (χ2n) is 6.36. The average molecular weight is 390 g/mol. The van der Waals surface area contributed by atoms with Crippen molar-refractivity contribution in [2.75, 3.05) is 46.1 Å². The topological polar surface area (TPSA) is 73.8 Å². The maximum atomic E-state index is 11.8. The van der Waals surface area contributed by atoms with Crippen molar-refractivity contribution in [3.63, 3.8) is 0 Å². The summed E-state index contributed by atoms with van der Waals surface area (Å²) in [5.41, 5.74) is 0.0893. The van der Waals surface area contributed by atoms with Crippen LogP contribution in [-0.2, 0) is 9.47 Å². The van der Waals surface area contributed by atoms with Gasteiger partial charge < -0.3 is 14.2 Å². The van der Waals surface area contributed by atoms with Crippen LogP contribution in [0.3, 0.4) is 0 Å². The summed E-state index contributed by atoms with van der Waals surface area (Å²) >= 11 is 12.1. The SMILES string of the molecule is CCOC(=O)c1c(Cl)nc(OCC2(CN3CCOCC3)CC2)nc1Cl. The monoisotopic (exact) mass is 389 g/mol. The molecule has 138 valence electrons. The van der Waals surface area contributed by atoms with Gasteiger partial charge in [-0.25, -0.2) is 4.79 Å². The molecule has 0 spiro atoms. The van der Waals surface area contributed by atoms with Crippen LogP contribution < -0.4 is 4.74 Å². The molecule has 7 nitrogen and oxygen atoms in total. The van der Waals surface area contributed by atoms with E-state index < -0.39 is 5.97 Å². The van der Waals surface area contributed by atoms with Gasteiger partial charge in [-0.15, -0.1) is 0 Å². The Morgan fingerprint density at radius 3 is 2.44 bits per heavy atom. The first-order valence-electron chi connectivity index (χ1n) is 8.36. The number of hydrogen-bond donors (Lipinski definition) is 0. The zero-order valence-corrected chi connectivity index (χ0v) is 15.6. The van der Waals surface area contributed by atoms with E-state index in [-0.39, 0.29) is 33.9 Å². The van der Waals surface area contributed by atoms with E-state index in [2.05, 4.69) is 14.9 Å². The number of ether oxygens (including phenoxy) is 3. The van der Waals surface area contributed by atoms with E-state index in [0.717, 1.165) is 45.7 Å². The summed E-state index contributed by atoms with van der Waals surface area (Å²) in [7, 11) is 0. The van der Waals surface area contributed by atoms with Crippen molar-refractivity contribution in [3.8, 4) is 6.01 Å². The van der Waals surface area contributed by atoms with Gasteiger partial charge in [0.1, 0.15) is 5.56 Å². The summed E-state index contributed by atoms with van der Waals surface area (Å²) in [6, 6.07) is 0.0799. The molecule has 0 amide bonds. The highest BCUT2D eigenvalue weighted by molar-refractivity contribution is 6.37. The van der Waals surface area contributed by atoms with Gasteiger partial charge in [0, 0.05) is 25.0 Å². The fraction of sp³-hybridized carbons (Fsp3) is 0.688. The number of morpholine rings is 1. The van der Waals surface area contributed by atoms with E-state index >= 15 is 0 Å². The molecular weight excluding hydrogens is 369 g/mol. The van der Waals surface area contributed by atoms with Gasteiger partial charge in [0.2, 0.25) is 0 Å². The Hall–Kier alpha value is -1.15. The minimum absolute atomic E-state index is 0.0352. The second kappa shape index (κ2) is 8.03. The smallest absolute Gasteiger partial charge is 0.344 e. The van der Waals surface area contributed by atoms with Crippen molar-refractivity contribution in [2.45, 2.75) is 19.8 Å². The zero-order valence-electron chi connectivity index (χ0n) is 14.1. The summed E-state index contributed by atoms with van der Waals surface area (Å²) in [5, 5.41) is -0.127. The number of esters is 1. The lowest BCUT2D eigenvalue weighted by Gasteiger charge is -2.30. The molecule has 0 aromatic carbocycles. The summed E-state index contributed by atoms with van der Waals surface area (Å²) in [6.07, 6.45) is 2.21. The van der Waals surface area contributed by atoms with Gasteiger partial charge in [-0.2, -0.15) is 9.97 Å². The Morgan fingerprint density at radius 2 is 1.88 bits per heavy atom. The van der Waals surface area contributed by atoms with Crippen LogP contribution in [0.4, 0.5) is 0 Å². The van der Waals surface area contributed by atoms with E-state index in [4.69, 9.17) is 37.4 Å². The molecule has 1 aromatic heterocycles. The highest BCUT2D eigenvalue weighted by atomic mass is 35.5. The van der Waals surface area contributed by atoms with E-state index in [0.29, 0.717) is 6.61 Å². The molecule has 2 heterocycles. The molecule has 2 aliphatic rings. The third-order valence-electron chi connectivity index (χ3n) is 4.41. The molecule has 0 unspecified atom stereocenters. The summed E-state index contributed by atoms with van der Waals surface area (Å²) < 4.78 is 16.0. The second-order valence-corrected chi connectivity index (χ2v) is 7.08. The molecule has 3 rings (SSSR count). The predicted molar refractivity (Wildman–Crippen MR) is 92.4 cm³/mol. The highest BCUT2D eigenvalue weighted by Crippen LogP contribution is 2.46. The molecule has 25 heavy (non-hydrogen) atoms. The fourth-order valence-electron chi connectivity index (χ4n) is 2.80.